The Morgan fingerprint density at radius 3 is 3.22 bits per heavy atom. The van der Waals surface area contributed by atoms with E-state index in [0.717, 1.165) is 26.1 Å². The first-order valence-electron chi connectivity index (χ1n) is 3.76. The Bertz CT molecular complexity index is 67.3. The Hall–Kier alpha value is -0.0800. The van der Waals surface area contributed by atoms with Crippen LogP contribution in [0.15, 0.2) is 0 Å². The van der Waals surface area contributed by atoms with Gasteiger partial charge in [0.15, 0.2) is 0 Å². The summed E-state index contributed by atoms with van der Waals surface area (Å²) in [7, 11) is 0. The first kappa shape index (κ1) is 7.03. The highest BCUT2D eigenvalue weighted by Crippen LogP contribution is 2.03. The Labute approximate surface area is 56.6 Å². The van der Waals surface area contributed by atoms with Crippen molar-refractivity contribution in [3.63, 3.8) is 0 Å². The van der Waals surface area contributed by atoms with E-state index in [1.807, 2.05) is 0 Å². The van der Waals surface area contributed by atoms with Crippen LogP contribution in [-0.4, -0.2) is 25.8 Å². The van der Waals surface area contributed by atoms with Gasteiger partial charge in [0.1, 0.15) is 0 Å². The fourth-order valence-electron chi connectivity index (χ4n) is 1.09. The second-order valence-corrected chi connectivity index (χ2v) is 2.44. The van der Waals surface area contributed by atoms with Gasteiger partial charge in [-0.05, 0) is 19.4 Å². The predicted molar refractivity (Wildman–Crippen MR) is 37.5 cm³/mol. The maximum atomic E-state index is 5.49. The molecule has 54 valence electrons. The summed E-state index contributed by atoms with van der Waals surface area (Å²) in [5, 5.41) is 3.29. The molecule has 0 aromatic carbocycles. The molecule has 0 aromatic heterocycles. The second kappa shape index (κ2) is 3.85. The lowest BCUT2D eigenvalue weighted by atomic mass is 10.2. The Balaban J connectivity index is 2.18. The van der Waals surface area contributed by atoms with Gasteiger partial charge in [-0.25, -0.2) is 0 Å². The summed E-state index contributed by atoms with van der Waals surface area (Å²) in [6.07, 6.45) is 2.85. The summed E-state index contributed by atoms with van der Waals surface area (Å²) in [5.41, 5.74) is 0. The van der Waals surface area contributed by atoms with E-state index < -0.39 is 0 Å². The molecule has 1 heterocycles. The number of rotatable bonds is 1. The molecule has 0 amide bonds. The zero-order valence-electron chi connectivity index (χ0n) is 6.02. The zero-order chi connectivity index (χ0) is 6.53. The summed E-state index contributed by atoms with van der Waals surface area (Å²) in [5.74, 6) is 0. The molecular weight excluding hydrogens is 114 g/mol. The van der Waals surface area contributed by atoms with Crippen molar-refractivity contribution >= 4 is 0 Å². The van der Waals surface area contributed by atoms with Crippen LogP contribution in [0.3, 0.4) is 0 Å². The average molecular weight is 129 g/mol. The van der Waals surface area contributed by atoms with E-state index in [4.69, 9.17) is 4.74 Å². The summed E-state index contributed by atoms with van der Waals surface area (Å²) in [6.45, 7) is 5.21. The number of hydrogen-bond acceptors (Lipinski definition) is 2. The number of hydrogen-bond donors (Lipinski definition) is 1. The van der Waals surface area contributed by atoms with Crippen LogP contribution >= 0.6 is 0 Å². The van der Waals surface area contributed by atoms with Crippen molar-refractivity contribution < 1.29 is 4.74 Å². The van der Waals surface area contributed by atoms with Crippen molar-refractivity contribution in [2.24, 2.45) is 0 Å². The molecule has 0 bridgehead atoms. The van der Waals surface area contributed by atoms with Gasteiger partial charge < -0.3 is 10.1 Å². The first-order chi connectivity index (χ1) is 4.43. The molecule has 1 aliphatic rings. The standard InChI is InChI=1S/C7H15NO/c1-2-7-3-4-8-5-6-9-7/h7-8H,2-6H2,1H3/t7-/m0/s1. The molecule has 0 aromatic rings. The number of nitrogens with one attached hydrogen (secondary N) is 1. The first-order valence-corrected chi connectivity index (χ1v) is 3.76. The summed E-state index contributed by atoms with van der Waals surface area (Å²) >= 11 is 0. The third kappa shape index (κ3) is 2.33. The van der Waals surface area contributed by atoms with E-state index in [0.29, 0.717) is 6.10 Å². The number of ether oxygens (including phenoxy) is 1. The van der Waals surface area contributed by atoms with Crippen LogP contribution in [0.1, 0.15) is 19.8 Å². The third-order valence-corrected chi connectivity index (χ3v) is 1.73. The minimum absolute atomic E-state index is 0.514. The van der Waals surface area contributed by atoms with Gasteiger partial charge in [0.2, 0.25) is 0 Å². The molecule has 9 heavy (non-hydrogen) atoms. The van der Waals surface area contributed by atoms with Gasteiger partial charge in [-0.3, -0.25) is 0 Å². The van der Waals surface area contributed by atoms with E-state index in [1.165, 1.54) is 6.42 Å². The minimum Gasteiger partial charge on any atom is -0.377 e. The predicted octanol–water partition coefficient (Wildman–Crippen LogP) is 0.775. The van der Waals surface area contributed by atoms with E-state index >= 15 is 0 Å². The van der Waals surface area contributed by atoms with Gasteiger partial charge in [0.25, 0.3) is 0 Å². The molecule has 0 aliphatic carbocycles. The van der Waals surface area contributed by atoms with Crippen molar-refractivity contribution in [3.05, 3.63) is 0 Å². The van der Waals surface area contributed by atoms with Crippen LogP contribution in [0.4, 0.5) is 0 Å². The van der Waals surface area contributed by atoms with Gasteiger partial charge in [-0.15, -0.1) is 0 Å². The highest BCUT2D eigenvalue weighted by Gasteiger charge is 2.08. The van der Waals surface area contributed by atoms with Gasteiger partial charge in [-0.2, -0.15) is 0 Å². The van der Waals surface area contributed by atoms with Gasteiger partial charge in [0.05, 0.1) is 12.7 Å². The zero-order valence-corrected chi connectivity index (χ0v) is 6.02. The lowest BCUT2D eigenvalue weighted by Gasteiger charge is -2.09. The fourth-order valence-corrected chi connectivity index (χ4v) is 1.09. The maximum absolute atomic E-state index is 5.49. The molecule has 1 N–H and O–H groups in total. The van der Waals surface area contributed by atoms with Gasteiger partial charge in [-0.1, -0.05) is 6.92 Å². The summed E-state index contributed by atoms with van der Waals surface area (Å²) in [4.78, 5) is 0. The van der Waals surface area contributed by atoms with Crippen LogP contribution in [-0.2, 0) is 4.74 Å². The molecule has 0 spiro atoms. The lowest BCUT2D eigenvalue weighted by Crippen LogP contribution is -2.16. The van der Waals surface area contributed by atoms with Crippen molar-refractivity contribution in [2.75, 3.05) is 19.7 Å². The Kier molecular flexibility index (Phi) is 3.01. The van der Waals surface area contributed by atoms with Crippen LogP contribution in [0.25, 0.3) is 0 Å². The van der Waals surface area contributed by atoms with Gasteiger partial charge >= 0.3 is 0 Å². The molecular formula is C7H15NO. The molecule has 2 heteroatoms. The van der Waals surface area contributed by atoms with Crippen LogP contribution in [0.5, 0.6) is 0 Å². The average Bonchev–Trinajstić information content (AvgIpc) is 2.13. The monoisotopic (exact) mass is 129 g/mol. The summed E-state index contributed by atoms with van der Waals surface area (Å²) in [6, 6.07) is 0. The maximum Gasteiger partial charge on any atom is 0.0594 e. The van der Waals surface area contributed by atoms with E-state index in [-0.39, 0.29) is 0 Å². The molecule has 1 fully saturated rings. The van der Waals surface area contributed by atoms with Crippen molar-refractivity contribution in [3.8, 4) is 0 Å². The quantitative estimate of drug-likeness (QED) is 0.564. The normalized spacial score (nSPS) is 29.7. The molecule has 0 radical (unpaired) electrons. The third-order valence-electron chi connectivity index (χ3n) is 1.73. The van der Waals surface area contributed by atoms with Crippen LogP contribution < -0.4 is 5.32 Å². The van der Waals surface area contributed by atoms with Gasteiger partial charge in [0, 0.05) is 6.54 Å². The molecule has 1 atom stereocenters. The molecule has 1 aliphatic heterocycles. The van der Waals surface area contributed by atoms with E-state index in [1.54, 1.807) is 0 Å². The highest BCUT2D eigenvalue weighted by molar-refractivity contribution is 4.62. The Morgan fingerprint density at radius 1 is 1.56 bits per heavy atom. The minimum atomic E-state index is 0.514. The van der Waals surface area contributed by atoms with Crippen molar-refractivity contribution in [1.82, 2.24) is 5.32 Å². The summed E-state index contributed by atoms with van der Waals surface area (Å²) < 4.78 is 5.49. The molecule has 1 rings (SSSR count). The van der Waals surface area contributed by atoms with Crippen LogP contribution in [0.2, 0.25) is 0 Å². The topological polar surface area (TPSA) is 21.3 Å². The largest absolute Gasteiger partial charge is 0.377 e. The Morgan fingerprint density at radius 2 is 2.44 bits per heavy atom. The highest BCUT2D eigenvalue weighted by atomic mass is 16.5. The fraction of sp³-hybridized carbons (Fsp3) is 1.00. The second-order valence-electron chi connectivity index (χ2n) is 2.44. The van der Waals surface area contributed by atoms with Crippen LogP contribution in [0, 0.1) is 0 Å². The molecule has 0 saturated carbocycles. The lowest BCUT2D eigenvalue weighted by molar-refractivity contribution is 0.0622. The molecule has 0 unspecified atom stereocenters. The smallest absolute Gasteiger partial charge is 0.0594 e. The van der Waals surface area contributed by atoms with Crippen molar-refractivity contribution in [1.29, 1.82) is 0 Å². The molecule has 2 nitrogen and oxygen atoms in total. The van der Waals surface area contributed by atoms with E-state index in [9.17, 15) is 0 Å². The molecule has 1 saturated heterocycles. The van der Waals surface area contributed by atoms with Crippen molar-refractivity contribution in [2.45, 2.75) is 25.9 Å². The van der Waals surface area contributed by atoms with E-state index in [2.05, 4.69) is 12.2 Å². The SMILES string of the molecule is CC[C@H]1CCNCCO1.